The van der Waals surface area contributed by atoms with Gasteiger partial charge in [-0.1, -0.05) is 19.9 Å². The molecule has 1 aromatic rings. The van der Waals surface area contributed by atoms with Gasteiger partial charge in [0.05, 0.1) is 0 Å². The van der Waals surface area contributed by atoms with Gasteiger partial charge in [0.15, 0.2) is 0 Å². The van der Waals surface area contributed by atoms with Gasteiger partial charge in [-0.3, -0.25) is 0 Å². The Balaban J connectivity index is 2.39. The molecule has 0 unspecified atom stereocenters. The first-order chi connectivity index (χ1) is 8.71. The van der Waals surface area contributed by atoms with Crippen molar-refractivity contribution in [1.29, 1.82) is 0 Å². The highest BCUT2D eigenvalue weighted by molar-refractivity contribution is 5.53. The van der Waals surface area contributed by atoms with Gasteiger partial charge >= 0.3 is 0 Å². The van der Waals surface area contributed by atoms with Crippen molar-refractivity contribution in [3.8, 4) is 0 Å². The third-order valence-electron chi connectivity index (χ3n) is 4.28. The lowest BCUT2D eigenvalue weighted by Crippen LogP contribution is -2.49. The lowest BCUT2D eigenvalue weighted by molar-refractivity contribution is 0.365. The van der Waals surface area contributed by atoms with Gasteiger partial charge in [-0.2, -0.15) is 0 Å². The number of anilines is 1. The van der Waals surface area contributed by atoms with E-state index in [1.165, 1.54) is 16.8 Å². The van der Waals surface area contributed by atoms with Crippen molar-refractivity contribution < 1.29 is 0 Å². The first-order valence-corrected chi connectivity index (χ1v) is 7.27. The first kappa shape index (κ1) is 14.4. The van der Waals surface area contributed by atoms with Gasteiger partial charge in [0.25, 0.3) is 0 Å². The molecule has 0 atom stereocenters. The zero-order valence-electron chi connectivity index (χ0n) is 13.3. The van der Waals surface area contributed by atoms with Gasteiger partial charge in [0.2, 0.25) is 0 Å². The maximum absolute atomic E-state index is 3.61. The molecule has 106 valence electrons. The van der Waals surface area contributed by atoms with Gasteiger partial charge < -0.3 is 10.2 Å². The molecule has 0 amide bonds. The summed E-state index contributed by atoms with van der Waals surface area (Å²) in [4.78, 5) is 2.57. The van der Waals surface area contributed by atoms with E-state index < -0.39 is 0 Å². The van der Waals surface area contributed by atoms with Crippen molar-refractivity contribution in [2.45, 2.75) is 47.1 Å². The molecule has 2 heteroatoms. The average molecular weight is 260 g/mol. The predicted octanol–water partition coefficient (Wildman–Crippen LogP) is 3.52. The molecular formula is C17H28N2. The smallest absolute Gasteiger partial charge is 0.0470 e. The fraction of sp³-hybridized carbons (Fsp3) is 0.647. The molecule has 0 saturated carbocycles. The number of rotatable bonds is 1. The molecule has 1 aliphatic heterocycles. The van der Waals surface area contributed by atoms with E-state index in [0.717, 1.165) is 19.6 Å². The minimum Gasteiger partial charge on any atom is -0.365 e. The lowest BCUT2D eigenvalue weighted by Gasteiger charge is -2.41. The normalized spacial score (nSPS) is 22.1. The minimum atomic E-state index is 0.148. The van der Waals surface area contributed by atoms with Crippen molar-refractivity contribution in [2.75, 3.05) is 24.5 Å². The first-order valence-electron chi connectivity index (χ1n) is 7.27. The number of benzene rings is 1. The summed E-state index contributed by atoms with van der Waals surface area (Å²) in [7, 11) is 0. The maximum atomic E-state index is 3.61. The number of hydrogen-bond acceptors (Lipinski definition) is 2. The van der Waals surface area contributed by atoms with Crippen molar-refractivity contribution in [3.63, 3.8) is 0 Å². The third kappa shape index (κ3) is 3.11. The van der Waals surface area contributed by atoms with E-state index in [0.29, 0.717) is 5.41 Å². The van der Waals surface area contributed by atoms with E-state index >= 15 is 0 Å². The summed E-state index contributed by atoms with van der Waals surface area (Å²) in [5, 5.41) is 3.61. The van der Waals surface area contributed by atoms with Crippen LogP contribution in [0.4, 0.5) is 5.69 Å². The Labute approximate surface area is 118 Å². The molecule has 2 nitrogen and oxygen atoms in total. The largest absolute Gasteiger partial charge is 0.365 e. The van der Waals surface area contributed by atoms with Crippen LogP contribution in [0.15, 0.2) is 18.2 Å². The monoisotopic (exact) mass is 260 g/mol. The SMILES string of the molecule is Cc1ccc(N2CC(C)(C)CNCC2(C)C)cc1C. The molecule has 2 rings (SSSR count). The second-order valence-electron chi connectivity index (χ2n) is 7.43. The Morgan fingerprint density at radius 3 is 2.32 bits per heavy atom. The molecule has 1 N–H and O–H groups in total. The highest BCUT2D eigenvalue weighted by Gasteiger charge is 2.35. The number of hydrogen-bond donors (Lipinski definition) is 1. The van der Waals surface area contributed by atoms with Crippen LogP contribution in [0.5, 0.6) is 0 Å². The Morgan fingerprint density at radius 2 is 1.68 bits per heavy atom. The van der Waals surface area contributed by atoms with E-state index in [1.54, 1.807) is 0 Å². The zero-order chi connectivity index (χ0) is 14.3. The predicted molar refractivity (Wildman–Crippen MR) is 84.0 cm³/mol. The molecule has 19 heavy (non-hydrogen) atoms. The second kappa shape index (κ2) is 4.82. The summed E-state index contributed by atoms with van der Waals surface area (Å²) >= 11 is 0. The quantitative estimate of drug-likeness (QED) is 0.831. The highest BCUT2D eigenvalue weighted by Crippen LogP contribution is 2.31. The molecule has 0 bridgehead atoms. The van der Waals surface area contributed by atoms with Gasteiger partial charge in [-0.05, 0) is 56.4 Å². The van der Waals surface area contributed by atoms with Gasteiger partial charge in [-0.15, -0.1) is 0 Å². The molecule has 1 heterocycles. The lowest BCUT2D eigenvalue weighted by atomic mass is 9.91. The number of aryl methyl sites for hydroxylation is 2. The van der Waals surface area contributed by atoms with E-state index in [1.807, 2.05) is 0 Å². The van der Waals surface area contributed by atoms with Crippen LogP contribution in [-0.4, -0.2) is 25.2 Å². The van der Waals surface area contributed by atoms with Gasteiger partial charge in [0, 0.05) is 30.9 Å². The molecule has 0 spiro atoms. The minimum absolute atomic E-state index is 0.148. The van der Waals surface area contributed by atoms with Gasteiger partial charge in [0.1, 0.15) is 0 Å². The van der Waals surface area contributed by atoms with Crippen LogP contribution >= 0.6 is 0 Å². The van der Waals surface area contributed by atoms with Crippen LogP contribution < -0.4 is 10.2 Å². The fourth-order valence-electron chi connectivity index (χ4n) is 2.83. The summed E-state index contributed by atoms with van der Waals surface area (Å²) in [5.41, 5.74) is 4.55. The molecular weight excluding hydrogens is 232 g/mol. The molecule has 0 aromatic heterocycles. The van der Waals surface area contributed by atoms with Crippen LogP contribution in [0.2, 0.25) is 0 Å². The molecule has 1 saturated heterocycles. The van der Waals surface area contributed by atoms with Crippen molar-refractivity contribution in [1.82, 2.24) is 5.32 Å². The Hall–Kier alpha value is -1.02. The maximum Gasteiger partial charge on any atom is 0.0470 e. The van der Waals surface area contributed by atoms with Crippen LogP contribution in [0.1, 0.15) is 38.8 Å². The summed E-state index contributed by atoms with van der Waals surface area (Å²) < 4.78 is 0. The molecule has 0 aliphatic carbocycles. The van der Waals surface area contributed by atoms with Crippen LogP contribution in [0, 0.1) is 19.3 Å². The number of nitrogens with zero attached hydrogens (tertiary/aromatic N) is 1. The molecule has 1 aliphatic rings. The van der Waals surface area contributed by atoms with E-state index in [4.69, 9.17) is 0 Å². The van der Waals surface area contributed by atoms with Crippen LogP contribution in [0.3, 0.4) is 0 Å². The van der Waals surface area contributed by atoms with E-state index in [9.17, 15) is 0 Å². The average Bonchev–Trinajstić information content (AvgIpc) is 2.39. The summed E-state index contributed by atoms with van der Waals surface area (Å²) in [5.74, 6) is 0. The van der Waals surface area contributed by atoms with Crippen LogP contribution in [-0.2, 0) is 0 Å². The topological polar surface area (TPSA) is 15.3 Å². The third-order valence-corrected chi connectivity index (χ3v) is 4.28. The Kier molecular flexibility index (Phi) is 3.65. The van der Waals surface area contributed by atoms with Crippen molar-refractivity contribution in [3.05, 3.63) is 29.3 Å². The molecule has 0 radical (unpaired) electrons. The van der Waals surface area contributed by atoms with Gasteiger partial charge in [-0.25, -0.2) is 0 Å². The fourth-order valence-corrected chi connectivity index (χ4v) is 2.83. The van der Waals surface area contributed by atoms with Crippen LogP contribution in [0.25, 0.3) is 0 Å². The molecule has 1 fully saturated rings. The summed E-state index contributed by atoms with van der Waals surface area (Å²) in [6, 6.07) is 6.84. The highest BCUT2D eigenvalue weighted by atomic mass is 15.2. The number of nitrogens with one attached hydrogen (secondary N) is 1. The van der Waals surface area contributed by atoms with Crippen molar-refractivity contribution >= 4 is 5.69 Å². The zero-order valence-corrected chi connectivity index (χ0v) is 13.3. The second-order valence-corrected chi connectivity index (χ2v) is 7.43. The van der Waals surface area contributed by atoms with E-state index in [-0.39, 0.29) is 5.54 Å². The van der Waals surface area contributed by atoms with Crippen molar-refractivity contribution in [2.24, 2.45) is 5.41 Å². The molecule has 1 aromatic carbocycles. The summed E-state index contributed by atoms with van der Waals surface area (Å²) in [6.07, 6.45) is 0. The Morgan fingerprint density at radius 1 is 1.00 bits per heavy atom. The Bertz CT molecular complexity index is 460. The standard InChI is InChI=1S/C17H28N2/c1-13-7-8-15(9-14(13)2)19-12-16(3,4)10-18-11-17(19,5)6/h7-9,18H,10-12H2,1-6H3. The van der Waals surface area contributed by atoms with E-state index in [2.05, 4.69) is 70.0 Å². The summed E-state index contributed by atoms with van der Waals surface area (Å²) in [6.45, 7) is 16.9.